The van der Waals surface area contributed by atoms with E-state index in [1.54, 1.807) is 14.0 Å². The lowest BCUT2D eigenvalue weighted by Gasteiger charge is -2.40. The summed E-state index contributed by atoms with van der Waals surface area (Å²) in [6.07, 6.45) is 2.69. The molecule has 16 heavy (non-hydrogen) atoms. The van der Waals surface area contributed by atoms with Gasteiger partial charge in [-0.2, -0.15) is 0 Å². The molecule has 0 amide bonds. The predicted molar refractivity (Wildman–Crippen MR) is 62.6 cm³/mol. The Balaban J connectivity index is 2.84. The van der Waals surface area contributed by atoms with Gasteiger partial charge in [0, 0.05) is 13.5 Å². The Labute approximate surface area is 97.6 Å². The molecule has 0 aliphatic carbocycles. The summed E-state index contributed by atoms with van der Waals surface area (Å²) < 4.78 is 5.35. The van der Waals surface area contributed by atoms with Crippen LogP contribution in [0.5, 0.6) is 0 Å². The molecular formula is C12H23NO3. The highest BCUT2D eigenvalue weighted by molar-refractivity contribution is 5.78. The van der Waals surface area contributed by atoms with E-state index >= 15 is 0 Å². The maximum Gasteiger partial charge on any atom is 0.323 e. The Morgan fingerprint density at radius 2 is 1.81 bits per heavy atom. The van der Waals surface area contributed by atoms with Crippen LogP contribution in [0.3, 0.4) is 0 Å². The minimum absolute atomic E-state index is 0.407. The van der Waals surface area contributed by atoms with Gasteiger partial charge in [-0.15, -0.1) is 0 Å². The molecule has 1 unspecified atom stereocenters. The van der Waals surface area contributed by atoms with Crippen molar-refractivity contribution in [2.75, 3.05) is 20.2 Å². The maximum absolute atomic E-state index is 11.5. The van der Waals surface area contributed by atoms with Crippen LogP contribution in [0.2, 0.25) is 0 Å². The van der Waals surface area contributed by atoms with E-state index in [9.17, 15) is 9.90 Å². The largest absolute Gasteiger partial charge is 0.480 e. The van der Waals surface area contributed by atoms with Gasteiger partial charge in [0.05, 0.1) is 5.60 Å². The molecule has 94 valence electrons. The fourth-order valence-electron chi connectivity index (χ4n) is 2.43. The quantitative estimate of drug-likeness (QED) is 0.780. The highest BCUT2D eigenvalue weighted by Crippen LogP contribution is 2.31. The second-order valence-corrected chi connectivity index (χ2v) is 5.41. The Morgan fingerprint density at radius 3 is 2.19 bits per heavy atom. The monoisotopic (exact) mass is 229 g/mol. The number of likely N-dealkylation sites (tertiary alicyclic amines) is 1. The van der Waals surface area contributed by atoms with E-state index < -0.39 is 17.1 Å². The van der Waals surface area contributed by atoms with Gasteiger partial charge in [0.1, 0.15) is 5.54 Å². The average molecular weight is 229 g/mol. The normalized spacial score (nSPS) is 22.0. The summed E-state index contributed by atoms with van der Waals surface area (Å²) in [6, 6.07) is 0. The van der Waals surface area contributed by atoms with Crippen LogP contribution in [-0.4, -0.2) is 47.3 Å². The van der Waals surface area contributed by atoms with Crippen LogP contribution in [0.25, 0.3) is 0 Å². The summed E-state index contributed by atoms with van der Waals surface area (Å²) in [5.74, 6) is -0.750. The molecule has 1 aliphatic rings. The predicted octanol–water partition coefficient (Wildman–Crippen LogP) is 1.74. The molecule has 1 rings (SSSR count). The fourth-order valence-corrected chi connectivity index (χ4v) is 2.43. The summed E-state index contributed by atoms with van der Waals surface area (Å²) in [5.41, 5.74) is -1.22. The van der Waals surface area contributed by atoms with E-state index in [0.29, 0.717) is 6.42 Å². The number of carboxylic acid groups (broad SMARTS) is 1. The highest BCUT2D eigenvalue weighted by atomic mass is 16.5. The van der Waals surface area contributed by atoms with E-state index in [4.69, 9.17) is 4.74 Å². The minimum Gasteiger partial charge on any atom is -0.480 e. The topological polar surface area (TPSA) is 49.8 Å². The molecule has 1 atom stereocenters. The molecule has 0 saturated carbocycles. The van der Waals surface area contributed by atoms with Crippen molar-refractivity contribution in [3.05, 3.63) is 0 Å². The number of carboxylic acids is 1. The molecular weight excluding hydrogens is 206 g/mol. The van der Waals surface area contributed by atoms with Crippen LogP contribution in [0.4, 0.5) is 0 Å². The second-order valence-electron chi connectivity index (χ2n) is 5.41. The van der Waals surface area contributed by atoms with Crippen LogP contribution >= 0.6 is 0 Å². The molecule has 0 aromatic rings. The number of ether oxygens (including phenoxy) is 1. The van der Waals surface area contributed by atoms with Crippen LogP contribution < -0.4 is 0 Å². The first-order chi connectivity index (χ1) is 7.32. The molecule has 0 spiro atoms. The lowest BCUT2D eigenvalue weighted by atomic mass is 9.86. The van der Waals surface area contributed by atoms with Gasteiger partial charge in [-0.1, -0.05) is 0 Å². The third-order valence-corrected chi connectivity index (χ3v) is 3.59. The van der Waals surface area contributed by atoms with Gasteiger partial charge in [-0.25, -0.2) is 0 Å². The number of rotatable bonds is 5. The number of carbonyl (C=O) groups is 1. The SMILES string of the molecule is COC(C)(C)CC(C)(C(=O)O)N1CCCC1. The Kier molecular flexibility index (Phi) is 3.97. The molecule has 0 bridgehead atoms. The molecule has 0 radical (unpaired) electrons. The molecule has 1 aliphatic heterocycles. The summed E-state index contributed by atoms with van der Waals surface area (Å²) in [6.45, 7) is 7.43. The number of aliphatic carboxylic acids is 1. The van der Waals surface area contributed by atoms with Gasteiger partial charge in [-0.05, 0) is 46.7 Å². The Bertz CT molecular complexity index is 259. The van der Waals surface area contributed by atoms with Crippen molar-refractivity contribution >= 4 is 5.97 Å². The summed E-state index contributed by atoms with van der Waals surface area (Å²) in [4.78, 5) is 13.6. The molecule has 1 fully saturated rings. The maximum atomic E-state index is 11.5. The van der Waals surface area contributed by atoms with Gasteiger partial charge in [0.15, 0.2) is 0 Å². The van der Waals surface area contributed by atoms with Crippen molar-refractivity contribution in [2.45, 2.75) is 51.2 Å². The molecule has 0 aromatic heterocycles. The number of hydrogen-bond acceptors (Lipinski definition) is 3. The summed E-state index contributed by atoms with van der Waals surface area (Å²) in [5, 5.41) is 9.45. The molecule has 1 saturated heterocycles. The number of nitrogens with zero attached hydrogens (tertiary/aromatic N) is 1. The summed E-state index contributed by atoms with van der Waals surface area (Å²) >= 11 is 0. The second kappa shape index (κ2) is 4.72. The van der Waals surface area contributed by atoms with Crippen molar-refractivity contribution in [3.8, 4) is 0 Å². The molecule has 4 nitrogen and oxygen atoms in total. The zero-order valence-electron chi connectivity index (χ0n) is 10.7. The number of methoxy groups -OCH3 is 1. The first-order valence-corrected chi connectivity index (χ1v) is 5.85. The lowest BCUT2D eigenvalue weighted by Crippen LogP contribution is -2.54. The zero-order chi connectivity index (χ0) is 12.4. The van der Waals surface area contributed by atoms with Gasteiger partial charge >= 0.3 is 5.97 Å². The molecule has 1 N–H and O–H groups in total. The van der Waals surface area contributed by atoms with Crippen LogP contribution in [-0.2, 0) is 9.53 Å². The van der Waals surface area contributed by atoms with E-state index in [1.807, 2.05) is 13.8 Å². The first kappa shape index (κ1) is 13.5. The van der Waals surface area contributed by atoms with E-state index in [2.05, 4.69) is 4.90 Å². The summed E-state index contributed by atoms with van der Waals surface area (Å²) in [7, 11) is 1.63. The van der Waals surface area contributed by atoms with Gasteiger partial charge in [0.2, 0.25) is 0 Å². The Morgan fingerprint density at radius 1 is 1.31 bits per heavy atom. The van der Waals surface area contributed by atoms with Crippen molar-refractivity contribution in [1.29, 1.82) is 0 Å². The highest BCUT2D eigenvalue weighted by Gasteiger charge is 2.44. The lowest BCUT2D eigenvalue weighted by molar-refractivity contribution is -0.154. The van der Waals surface area contributed by atoms with Gasteiger partial charge in [-0.3, -0.25) is 9.69 Å². The third kappa shape index (κ3) is 2.74. The molecule has 4 heteroatoms. The minimum atomic E-state index is -0.810. The van der Waals surface area contributed by atoms with E-state index in [0.717, 1.165) is 25.9 Å². The van der Waals surface area contributed by atoms with E-state index in [1.165, 1.54) is 0 Å². The van der Waals surface area contributed by atoms with Crippen molar-refractivity contribution in [2.24, 2.45) is 0 Å². The molecule has 1 heterocycles. The zero-order valence-corrected chi connectivity index (χ0v) is 10.7. The van der Waals surface area contributed by atoms with Crippen molar-refractivity contribution in [1.82, 2.24) is 4.90 Å². The molecule has 0 aromatic carbocycles. The third-order valence-electron chi connectivity index (χ3n) is 3.59. The van der Waals surface area contributed by atoms with Crippen LogP contribution in [0.15, 0.2) is 0 Å². The fraction of sp³-hybridized carbons (Fsp3) is 0.917. The van der Waals surface area contributed by atoms with Crippen molar-refractivity contribution < 1.29 is 14.6 Å². The van der Waals surface area contributed by atoms with Gasteiger partial charge in [0.25, 0.3) is 0 Å². The van der Waals surface area contributed by atoms with Gasteiger partial charge < -0.3 is 9.84 Å². The van der Waals surface area contributed by atoms with Crippen molar-refractivity contribution in [3.63, 3.8) is 0 Å². The number of hydrogen-bond donors (Lipinski definition) is 1. The average Bonchev–Trinajstić information content (AvgIpc) is 2.70. The smallest absolute Gasteiger partial charge is 0.323 e. The Hall–Kier alpha value is -0.610. The standard InChI is InChI=1S/C12H23NO3/c1-11(2,16-4)9-12(3,10(14)15)13-7-5-6-8-13/h5-9H2,1-4H3,(H,14,15). The van der Waals surface area contributed by atoms with E-state index in [-0.39, 0.29) is 0 Å². The van der Waals surface area contributed by atoms with Crippen LogP contribution in [0.1, 0.15) is 40.0 Å². The first-order valence-electron chi connectivity index (χ1n) is 5.85. The van der Waals surface area contributed by atoms with Crippen LogP contribution in [0, 0.1) is 0 Å².